The van der Waals surface area contributed by atoms with Gasteiger partial charge in [0.25, 0.3) is 5.91 Å². The van der Waals surface area contributed by atoms with Crippen molar-refractivity contribution < 1.29 is 33.5 Å². The van der Waals surface area contributed by atoms with Crippen LogP contribution in [0.25, 0.3) is 5.57 Å². The molecule has 3 aliphatic heterocycles. The molecule has 9 nitrogen and oxygen atoms in total. The summed E-state index contributed by atoms with van der Waals surface area (Å²) >= 11 is 0. The first-order valence-corrected chi connectivity index (χ1v) is 11.4. The van der Waals surface area contributed by atoms with Crippen molar-refractivity contribution in [1.29, 1.82) is 0 Å². The number of benzene rings is 1. The number of hydrogen-bond acceptors (Lipinski definition) is 8. The number of amides is 1. The van der Waals surface area contributed by atoms with Crippen molar-refractivity contribution in [1.82, 2.24) is 10.1 Å². The summed E-state index contributed by atoms with van der Waals surface area (Å²) in [7, 11) is 1.62. The molecule has 2 saturated heterocycles. The van der Waals surface area contributed by atoms with Crippen LogP contribution in [0.15, 0.2) is 17.9 Å². The highest BCUT2D eigenvalue weighted by atomic mass is 16.7. The van der Waals surface area contributed by atoms with Crippen LogP contribution in [-0.2, 0) is 28.7 Å². The summed E-state index contributed by atoms with van der Waals surface area (Å²) in [5, 5.41) is 3.25. The second-order valence-corrected chi connectivity index (χ2v) is 8.77. The van der Waals surface area contributed by atoms with Crippen LogP contribution in [0.1, 0.15) is 42.0 Å². The number of aryl methyl sites for hydroxylation is 3. The zero-order valence-corrected chi connectivity index (χ0v) is 19.9. The average Bonchev–Trinajstić information content (AvgIpc) is 2.93. The summed E-state index contributed by atoms with van der Waals surface area (Å²) in [6.07, 6.45) is -0.109. The monoisotopic (exact) mass is 460 g/mol. The molecule has 0 aromatic heterocycles. The van der Waals surface area contributed by atoms with Crippen LogP contribution >= 0.6 is 0 Å². The first-order valence-electron chi connectivity index (χ1n) is 11.4. The number of rotatable bonds is 6. The van der Waals surface area contributed by atoms with E-state index in [-0.39, 0.29) is 24.4 Å². The molecule has 0 atom stereocenters. The Hall–Kier alpha value is -2.46. The zero-order chi connectivity index (χ0) is 23.8. The predicted octanol–water partition coefficient (Wildman–Crippen LogP) is 3.06. The molecule has 180 valence electrons. The molecule has 4 rings (SSSR count). The fourth-order valence-electron chi connectivity index (χ4n) is 4.93. The van der Waals surface area contributed by atoms with Crippen molar-refractivity contribution in [2.24, 2.45) is 0 Å². The maximum atomic E-state index is 14.0. The van der Waals surface area contributed by atoms with Crippen molar-refractivity contribution in [2.75, 3.05) is 40.0 Å². The van der Waals surface area contributed by atoms with E-state index in [0.29, 0.717) is 44.7 Å². The molecular formula is C24H32N2O7. The van der Waals surface area contributed by atoms with Gasteiger partial charge >= 0.3 is 6.16 Å². The van der Waals surface area contributed by atoms with E-state index in [1.807, 2.05) is 38.0 Å². The van der Waals surface area contributed by atoms with Crippen LogP contribution in [0.4, 0.5) is 4.79 Å². The van der Waals surface area contributed by atoms with E-state index in [2.05, 4.69) is 0 Å². The topological polar surface area (TPSA) is 86.8 Å². The van der Waals surface area contributed by atoms with Gasteiger partial charge in [0.15, 0.2) is 5.76 Å². The molecule has 0 unspecified atom stereocenters. The molecule has 1 spiro atoms. The van der Waals surface area contributed by atoms with Crippen molar-refractivity contribution in [2.45, 2.75) is 52.2 Å². The quantitative estimate of drug-likeness (QED) is 0.599. The van der Waals surface area contributed by atoms with Gasteiger partial charge in [0.05, 0.1) is 32.5 Å². The van der Waals surface area contributed by atoms with Crippen molar-refractivity contribution >= 4 is 17.6 Å². The SMILES string of the molecule is CCOC(=O)OC1=C(c2c(C)cc(C)cc2C)C(=O)N(OC2COC2)C12CCN(OC)CC2. The van der Waals surface area contributed by atoms with E-state index in [9.17, 15) is 9.59 Å². The van der Waals surface area contributed by atoms with Gasteiger partial charge in [0.2, 0.25) is 0 Å². The predicted molar refractivity (Wildman–Crippen MR) is 119 cm³/mol. The highest BCUT2D eigenvalue weighted by Crippen LogP contribution is 2.48. The van der Waals surface area contributed by atoms with Gasteiger partial charge in [-0.2, -0.15) is 5.06 Å². The third-order valence-electron chi connectivity index (χ3n) is 6.48. The number of ether oxygens (including phenoxy) is 3. The van der Waals surface area contributed by atoms with Gasteiger partial charge in [-0.05, 0) is 57.2 Å². The van der Waals surface area contributed by atoms with E-state index >= 15 is 0 Å². The molecule has 9 heteroatoms. The molecule has 1 aromatic rings. The summed E-state index contributed by atoms with van der Waals surface area (Å²) in [6.45, 7) is 9.72. The van der Waals surface area contributed by atoms with Gasteiger partial charge in [-0.15, -0.1) is 0 Å². The van der Waals surface area contributed by atoms with E-state index in [1.54, 1.807) is 14.0 Å². The summed E-state index contributed by atoms with van der Waals surface area (Å²) in [5.74, 6) is -0.0286. The standard InChI is InChI=1S/C24H32N2O7/c1-6-31-23(28)32-21-20(19-16(3)11-15(2)12-17(19)4)22(27)26(33-18-13-30-14-18)24(21)7-9-25(29-5)10-8-24/h11-12,18H,6-10,13-14H2,1-5H3. The fourth-order valence-corrected chi connectivity index (χ4v) is 4.93. The average molecular weight is 461 g/mol. The van der Waals surface area contributed by atoms with Crippen LogP contribution in [0.3, 0.4) is 0 Å². The number of hydroxylamine groups is 4. The lowest BCUT2D eigenvalue weighted by atomic mass is 9.84. The molecule has 2 fully saturated rings. The number of piperidine rings is 1. The number of carbonyl (C=O) groups excluding carboxylic acids is 2. The Morgan fingerprint density at radius 1 is 1.15 bits per heavy atom. The molecule has 1 aromatic carbocycles. The van der Waals surface area contributed by atoms with Gasteiger partial charge in [-0.3, -0.25) is 9.63 Å². The highest BCUT2D eigenvalue weighted by molar-refractivity contribution is 6.23. The Labute approximate surface area is 194 Å². The minimum atomic E-state index is -0.951. The molecule has 0 N–H and O–H groups in total. The third-order valence-corrected chi connectivity index (χ3v) is 6.48. The van der Waals surface area contributed by atoms with Gasteiger partial charge in [-0.1, -0.05) is 17.7 Å². The van der Waals surface area contributed by atoms with Crippen LogP contribution < -0.4 is 0 Å². The second kappa shape index (κ2) is 9.42. The molecule has 3 heterocycles. The van der Waals surface area contributed by atoms with Gasteiger partial charge in [0, 0.05) is 13.1 Å². The Kier molecular flexibility index (Phi) is 6.76. The Morgan fingerprint density at radius 3 is 2.30 bits per heavy atom. The summed E-state index contributed by atoms with van der Waals surface area (Å²) in [5.41, 5.74) is 3.11. The smallest absolute Gasteiger partial charge is 0.434 e. The minimum absolute atomic E-state index is 0.169. The van der Waals surface area contributed by atoms with Crippen LogP contribution in [-0.4, -0.2) is 73.9 Å². The normalized spacial score (nSPS) is 21.0. The molecule has 0 saturated carbocycles. The van der Waals surface area contributed by atoms with Gasteiger partial charge in [0.1, 0.15) is 11.6 Å². The summed E-state index contributed by atoms with van der Waals surface area (Å²) in [4.78, 5) is 38.1. The number of hydrogen-bond donors (Lipinski definition) is 0. The van der Waals surface area contributed by atoms with Crippen LogP contribution in [0, 0.1) is 20.8 Å². The maximum Gasteiger partial charge on any atom is 0.513 e. The Morgan fingerprint density at radius 2 is 1.79 bits per heavy atom. The minimum Gasteiger partial charge on any atom is -0.434 e. The highest BCUT2D eigenvalue weighted by Gasteiger charge is 2.58. The van der Waals surface area contributed by atoms with Gasteiger partial charge in [-0.25, -0.2) is 9.86 Å². The maximum absolute atomic E-state index is 14.0. The van der Waals surface area contributed by atoms with Gasteiger partial charge < -0.3 is 19.0 Å². The van der Waals surface area contributed by atoms with E-state index < -0.39 is 11.7 Å². The summed E-state index contributed by atoms with van der Waals surface area (Å²) in [6, 6.07) is 4.04. The summed E-state index contributed by atoms with van der Waals surface area (Å²) < 4.78 is 16.2. The molecule has 0 radical (unpaired) electrons. The third kappa shape index (κ3) is 4.26. The Balaban J connectivity index is 1.87. The molecule has 0 aliphatic carbocycles. The second-order valence-electron chi connectivity index (χ2n) is 8.77. The van der Waals surface area contributed by atoms with Crippen molar-refractivity contribution in [3.8, 4) is 0 Å². The number of nitrogens with zero attached hydrogens (tertiary/aromatic N) is 2. The van der Waals surface area contributed by atoms with E-state index in [1.165, 1.54) is 5.06 Å². The molecule has 33 heavy (non-hydrogen) atoms. The first-order chi connectivity index (χ1) is 15.8. The lowest BCUT2D eigenvalue weighted by molar-refractivity contribution is -0.286. The van der Waals surface area contributed by atoms with E-state index in [4.69, 9.17) is 23.9 Å². The lowest BCUT2D eigenvalue weighted by Crippen LogP contribution is -2.57. The first kappa shape index (κ1) is 23.7. The van der Waals surface area contributed by atoms with Crippen LogP contribution in [0.2, 0.25) is 0 Å². The van der Waals surface area contributed by atoms with Crippen LogP contribution in [0.5, 0.6) is 0 Å². The number of carbonyl (C=O) groups is 2. The fraction of sp³-hybridized carbons (Fsp3) is 0.583. The molecule has 0 bridgehead atoms. The molecule has 3 aliphatic rings. The van der Waals surface area contributed by atoms with E-state index in [0.717, 1.165) is 22.3 Å². The lowest BCUT2D eigenvalue weighted by Gasteiger charge is -2.45. The zero-order valence-electron chi connectivity index (χ0n) is 19.9. The largest absolute Gasteiger partial charge is 0.513 e. The Bertz CT molecular complexity index is 939. The molecular weight excluding hydrogens is 428 g/mol. The van der Waals surface area contributed by atoms with Crippen molar-refractivity contribution in [3.05, 3.63) is 40.1 Å². The molecule has 1 amide bonds. The van der Waals surface area contributed by atoms with Crippen molar-refractivity contribution in [3.63, 3.8) is 0 Å².